The number of hydrogen-bond donors (Lipinski definition) is 0. The second-order valence-electron chi connectivity index (χ2n) is 4.32. The van der Waals surface area contributed by atoms with E-state index in [0.29, 0.717) is 0 Å². The van der Waals surface area contributed by atoms with Crippen molar-refractivity contribution in [3.63, 3.8) is 0 Å². The van der Waals surface area contributed by atoms with Crippen molar-refractivity contribution in [3.8, 4) is 5.75 Å². The molecule has 0 aliphatic heterocycles. The summed E-state index contributed by atoms with van der Waals surface area (Å²) in [5, 5.41) is 0. The third-order valence-electron chi connectivity index (χ3n) is 1.82. The van der Waals surface area contributed by atoms with Crippen LogP contribution in [0.1, 0.15) is 12.5 Å². The summed E-state index contributed by atoms with van der Waals surface area (Å²) in [5.41, 5.74) is 1.28. The van der Waals surface area contributed by atoms with Crippen LogP contribution in [0.15, 0.2) is 22.7 Å². The lowest BCUT2D eigenvalue weighted by Crippen LogP contribution is -2.29. The molecular weight excluding hydrogens is 256 g/mol. The maximum atomic E-state index is 6.00. The molecule has 14 heavy (non-hydrogen) atoms. The van der Waals surface area contributed by atoms with Crippen LogP contribution in [0.4, 0.5) is 0 Å². The Hall–Kier alpha value is -0.283. The maximum Gasteiger partial charge on any atom is 0.242 e. The van der Waals surface area contributed by atoms with Gasteiger partial charge in [-0.25, -0.2) is 0 Å². The summed E-state index contributed by atoms with van der Waals surface area (Å²) >= 11 is 3.47. The molecule has 0 fully saturated rings. The van der Waals surface area contributed by atoms with E-state index in [-0.39, 0.29) is 0 Å². The average Bonchev–Trinajstić information content (AvgIpc) is 2.06. The van der Waals surface area contributed by atoms with Crippen LogP contribution in [-0.2, 0) is 6.42 Å². The van der Waals surface area contributed by atoms with Crippen molar-refractivity contribution < 1.29 is 4.43 Å². The monoisotopic (exact) mass is 272 g/mol. The molecule has 0 radical (unpaired) electrons. The van der Waals surface area contributed by atoms with Gasteiger partial charge in [-0.05, 0) is 49.8 Å². The Morgan fingerprint density at radius 1 is 1.29 bits per heavy atom. The first-order valence-electron chi connectivity index (χ1n) is 4.90. The van der Waals surface area contributed by atoms with Gasteiger partial charge in [0.05, 0.1) is 0 Å². The van der Waals surface area contributed by atoms with Crippen LogP contribution in [0.3, 0.4) is 0 Å². The zero-order valence-electron chi connectivity index (χ0n) is 9.23. The minimum Gasteiger partial charge on any atom is -0.544 e. The van der Waals surface area contributed by atoms with Gasteiger partial charge < -0.3 is 4.43 Å². The van der Waals surface area contributed by atoms with Crippen LogP contribution >= 0.6 is 15.9 Å². The molecule has 0 aliphatic carbocycles. The van der Waals surface area contributed by atoms with Crippen LogP contribution in [0, 0.1) is 0 Å². The molecule has 0 amide bonds. The Morgan fingerprint density at radius 3 is 2.43 bits per heavy atom. The molecule has 78 valence electrons. The summed E-state index contributed by atoms with van der Waals surface area (Å²) < 4.78 is 7.12. The third kappa shape index (κ3) is 3.46. The Morgan fingerprint density at radius 2 is 1.93 bits per heavy atom. The van der Waals surface area contributed by atoms with Crippen molar-refractivity contribution in [2.45, 2.75) is 33.0 Å². The lowest BCUT2D eigenvalue weighted by atomic mass is 10.1. The Balaban J connectivity index is 2.97. The molecule has 0 aliphatic rings. The van der Waals surface area contributed by atoms with E-state index in [4.69, 9.17) is 4.43 Å². The highest BCUT2D eigenvalue weighted by Crippen LogP contribution is 2.25. The van der Waals surface area contributed by atoms with Crippen LogP contribution in [0.5, 0.6) is 5.75 Å². The van der Waals surface area contributed by atoms with Gasteiger partial charge in [0.2, 0.25) is 8.32 Å². The number of halogens is 1. The van der Waals surface area contributed by atoms with Crippen LogP contribution in [-0.4, -0.2) is 8.32 Å². The Labute approximate surface area is 95.7 Å². The smallest absolute Gasteiger partial charge is 0.242 e. The van der Waals surface area contributed by atoms with Gasteiger partial charge in [-0.3, -0.25) is 0 Å². The Bertz CT molecular complexity index is 318. The minimum atomic E-state index is -1.48. The van der Waals surface area contributed by atoms with Crippen molar-refractivity contribution in [1.29, 1.82) is 0 Å². The lowest BCUT2D eigenvalue weighted by Gasteiger charge is -2.21. The number of aryl methyl sites for hydroxylation is 1. The zero-order valence-corrected chi connectivity index (χ0v) is 11.8. The SMILES string of the molecule is CCc1cc(Br)ccc1O[Si](C)(C)C. The summed E-state index contributed by atoms with van der Waals surface area (Å²) in [7, 11) is -1.48. The number of rotatable bonds is 3. The second kappa shape index (κ2) is 4.49. The molecule has 0 unspecified atom stereocenters. The van der Waals surface area contributed by atoms with E-state index in [2.05, 4.69) is 54.6 Å². The molecule has 0 bridgehead atoms. The summed E-state index contributed by atoms with van der Waals surface area (Å²) in [6, 6.07) is 6.23. The van der Waals surface area contributed by atoms with Crippen LogP contribution in [0.25, 0.3) is 0 Å². The van der Waals surface area contributed by atoms with Gasteiger partial charge in [0.25, 0.3) is 0 Å². The zero-order chi connectivity index (χ0) is 10.8. The quantitative estimate of drug-likeness (QED) is 0.749. The van der Waals surface area contributed by atoms with Crippen molar-refractivity contribution in [3.05, 3.63) is 28.2 Å². The molecule has 1 aromatic carbocycles. The molecule has 1 nitrogen and oxygen atoms in total. The molecule has 1 aromatic rings. The molecule has 0 saturated heterocycles. The molecular formula is C11H17BrOSi. The van der Waals surface area contributed by atoms with Gasteiger partial charge in [-0.2, -0.15) is 0 Å². The van der Waals surface area contributed by atoms with Crippen molar-refractivity contribution in [2.24, 2.45) is 0 Å². The summed E-state index contributed by atoms with van der Waals surface area (Å²) in [5.74, 6) is 1.05. The van der Waals surface area contributed by atoms with Gasteiger partial charge in [-0.15, -0.1) is 0 Å². The number of benzene rings is 1. The standard InChI is InChI=1S/C11H17BrOSi/c1-5-9-8-10(12)6-7-11(9)13-14(2,3)4/h6-8H,5H2,1-4H3. The van der Waals surface area contributed by atoms with Gasteiger partial charge in [0.1, 0.15) is 5.75 Å². The van der Waals surface area contributed by atoms with Gasteiger partial charge in [0, 0.05) is 4.47 Å². The van der Waals surface area contributed by atoms with E-state index in [1.807, 2.05) is 6.07 Å². The number of hydrogen-bond acceptors (Lipinski definition) is 1. The first-order chi connectivity index (χ1) is 6.42. The first-order valence-corrected chi connectivity index (χ1v) is 9.10. The van der Waals surface area contributed by atoms with E-state index < -0.39 is 8.32 Å². The van der Waals surface area contributed by atoms with E-state index in [1.54, 1.807) is 0 Å². The third-order valence-corrected chi connectivity index (χ3v) is 3.15. The van der Waals surface area contributed by atoms with Gasteiger partial charge in [0.15, 0.2) is 0 Å². The van der Waals surface area contributed by atoms with E-state index in [1.165, 1.54) is 5.56 Å². The summed E-state index contributed by atoms with van der Waals surface area (Å²) in [6.45, 7) is 8.76. The molecule has 0 saturated carbocycles. The second-order valence-corrected chi connectivity index (χ2v) is 9.66. The van der Waals surface area contributed by atoms with E-state index in [9.17, 15) is 0 Å². The maximum absolute atomic E-state index is 6.00. The van der Waals surface area contributed by atoms with Gasteiger partial charge >= 0.3 is 0 Å². The molecule has 0 spiro atoms. The highest BCUT2D eigenvalue weighted by molar-refractivity contribution is 9.10. The van der Waals surface area contributed by atoms with E-state index >= 15 is 0 Å². The van der Waals surface area contributed by atoms with Gasteiger partial charge in [-0.1, -0.05) is 22.9 Å². The highest BCUT2D eigenvalue weighted by atomic mass is 79.9. The predicted molar refractivity (Wildman–Crippen MR) is 67.5 cm³/mol. The molecule has 0 aromatic heterocycles. The highest BCUT2D eigenvalue weighted by Gasteiger charge is 2.17. The fraction of sp³-hybridized carbons (Fsp3) is 0.455. The van der Waals surface area contributed by atoms with Crippen LogP contribution in [0.2, 0.25) is 19.6 Å². The Kier molecular flexibility index (Phi) is 3.78. The largest absolute Gasteiger partial charge is 0.544 e. The summed E-state index contributed by atoms with van der Waals surface area (Å²) in [6.07, 6.45) is 1.01. The predicted octanol–water partition coefficient (Wildman–Crippen LogP) is 4.23. The van der Waals surface area contributed by atoms with E-state index in [0.717, 1.165) is 16.6 Å². The molecule has 3 heteroatoms. The normalized spacial score (nSPS) is 11.5. The summed E-state index contributed by atoms with van der Waals surface area (Å²) in [4.78, 5) is 0. The fourth-order valence-electron chi connectivity index (χ4n) is 1.25. The topological polar surface area (TPSA) is 9.23 Å². The molecule has 0 N–H and O–H groups in total. The van der Waals surface area contributed by atoms with Crippen molar-refractivity contribution >= 4 is 24.2 Å². The first kappa shape index (κ1) is 11.8. The molecule has 1 rings (SSSR count). The lowest BCUT2D eigenvalue weighted by molar-refractivity contribution is 0.550. The molecule has 0 heterocycles. The minimum absolute atomic E-state index is 1.01. The fourth-order valence-corrected chi connectivity index (χ4v) is 2.52. The van der Waals surface area contributed by atoms with Crippen LogP contribution < -0.4 is 4.43 Å². The average molecular weight is 273 g/mol. The molecule has 0 atom stereocenters. The van der Waals surface area contributed by atoms with Crippen molar-refractivity contribution in [2.75, 3.05) is 0 Å². The van der Waals surface area contributed by atoms with Crippen molar-refractivity contribution in [1.82, 2.24) is 0 Å².